The van der Waals surface area contributed by atoms with Gasteiger partial charge in [0.2, 0.25) is 0 Å². The summed E-state index contributed by atoms with van der Waals surface area (Å²) >= 11 is 0. The molecule has 34 heavy (non-hydrogen) atoms. The minimum atomic E-state index is -0.468. The summed E-state index contributed by atoms with van der Waals surface area (Å²) < 4.78 is 10.5. The predicted molar refractivity (Wildman–Crippen MR) is 132 cm³/mol. The van der Waals surface area contributed by atoms with Crippen molar-refractivity contribution in [3.8, 4) is 11.5 Å². The smallest absolute Gasteiger partial charge is 0.272 e. The number of aromatic nitrogens is 1. The number of carbonyl (C=O) groups excluding carboxylic acids is 2. The zero-order valence-corrected chi connectivity index (χ0v) is 18.7. The van der Waals surface area contributed by atoms with Crippen molar-refractivity contribution in [3.05, 3.63) is 102 Å². The lowest BCUT2D eigenvalue weighted by Crippen LogP contribution is -2.30. The normalized spacial score (nSPS) is 11.1. The fraction of sp³-hybridized carbons (Fsp3) is 0.0741. The topological polar surface area (TPSA) is 89.5 Å². The quantitative estimate of drug-likeness (QED) is 0.397. The summed E-state index contributed by atoms with van der Waals surface area (Å²) in [5, 5.41) is 7.53. The number of rotatable bonds is 7. The van der Waals surface area contributed by atoms with Gasteiger partial charge in [-0.2, -0.15) is 0 Å². The number of hydrogen-bond acceptors (Lipinski definition) is 5. The van der Waals surface area contributed by atoms with E-state index in [9.17, 15) is 9.59 Å². The van der Waals surface area contributed by atoms with Gasteiger partial charge >= 0.3 is 0 Å². The highest BCUT2D eigenvalue weighted by Gasteiger charge is 2.17. The van der Waals surface area contributed by atoms with E-state index >= 15 is 0 Å². The van der Waals surface area contributed by atoms with Gasteiger partial charge in [-0.25, -0.2) is 0 Å². The van der Waals surface area contributed by atoms with Gasteiger partial charge < -0.3 is 20.1 Å². The number of benzene rings is 3. The maximum atomic E-state index is 13.3. The number of anilines is 1. The van der Waals surface area contributed by atoms with Crippen LogP contribution in [0.3, 0.4) is 0 Å². The average Bonchev–Trinajstić information content (AvgIpc) is 2.88. The first kappa shape index (κ1) is 22.5. The summed E-state index contributed by atoms with van der Waals surface area (Å²) in [7, 11) is 3.01. The Morgan fingerprint density at radius 3 is 2.44 bits per heavy atom. The average molecular weight is 453 g/mol. The zero-order chi connectivity index (χ0) is 23.9. The lowest BCUT2D eigenvalue weighted by Gasteiger charge is -2.14. The molecule has 0 saturated heterocycles. The molecule has 0 fully saturated rings. The molecule has 1 heterocycles. The molecule has 0 aliphatic rings. The number of amides is 2. The monoisotopic (exact) mass is 453 g/mol. The fourth-order valence-electron chi connectivity index (χ4n) is 3.48. The molecule has 1 aromatic heterocycles. The van der Waals surface area contributed by atoms with Crippen LogP contribution < -0.4 is 20.1 Å². The molecule has 0 radical (unpaired) electrons. The van der Waals surface area contributed by atoms with Gasteiger partial charge in [0, 0.05) is 29.0 Å². The first-order valence-corrected chi connectivity index (χ1v) is 10.5. The van der Waals surface area contributed by atoms with Crippen LogP contribution in [0.25, 0.3) is 16.8 Å². The van der Waals surface area contributed by atoms with Crippen LogP contribution in [0.1, 0.15) is 15.9 Å². The molecular weight excluding hydrogens is 430 g/mol. The van der Waals surface area contributed by atoms with Crippen LogP contribution in [0.4, 0.5) is 5.69 Å². The molecule has 3 aromatic carbocycles. The van der Waals surface area contributed by atoms with Crippen molar-refractivity contribution in [2.24, 2.45) is 0 Å². The number of nitrogens with one attached hydrogen (secondary N) is 2. The predicted octanol–water partition coefficient (Wildman–Crippen LogP) is 4.66. The first-order valence-electron chi connectivity index (χ1n) is 10.5. The second kappa shape index (κ2) is 10.3. The molecule has 170 valence electrons. The van der Waals surface area contributed by atoms with Crippen LogP contribution in [-0.2, 0) is 4.79 Å². The molecule has 7 heteroatoms. The highest BCUT2D eigenvalue weighted by atomic mass is 16.5. The number of pyridine rings is 1. The number of carbonyl (C=O) groups is 2. The third kappa shape index (κ3) is 5.05. The van der Waals surface area contributed by atoms with Crippen molar-refractivity contribution < 1.29 is 19.1 Å². The summed E-state index contributed by atoms with van der Waals surface area (Å²) in [6.07, 6.45) is 4.81. The van der Waals surface area contributed by atoms with E-state index in [2.05, 4.69) is 15.6 Å². The van der Waals surface area contributed by atoms with E-state index in [-0.39, 0.29) is 5.70 Å². The number of fused-ring (bicyclic) bond motifs is 1. The summed E-state index contributed by atoms with van der Waals surface area (Å²) in [6, 6.07) is 21.7. The lowest BCUT2D eigenvalue weighted by atomic mass is 10.1. The van der Waals surface area contributed by atoms with Crippen LogP contribution in [0, 0.1) is 0 Å². The highest BCUT2D eigenvalue weighted by molar-refractivity contribution is 6.13. The summed E-state index contributed by atoms with van der Waals surface area (Å²) in [5.41, 5.74) is 1.69. The molecule has 7 nitrogen and oxygen atoms in total. The Balaban J connectivity index is 1.65. The molecular formula is C27H23N3O4. The molecule has 2 N–H and O–H groups in total. The Labute approximate surface area is 197 Å². The molecule has 4 aromatic rings. The molecule has 0 aliphatic heterocycles. The van der Waals surface area contributed by atoms with E-state index < -0.39 is 11.8 Å². The third-order valence-corrected chi connectivity index (χ3v) is 5.17. The van der Waals surface area contributed by atoms with Gasteiger partial charge in [-0.3, -0.25) is 14.6 Å². The maximum absolute atomic E-state index is 13.3. The third-order valence-electron chi connectivity index (χ3n) is 5.17. The number of methoxy groups -OCH3 is 2. The van der Waals surface area contributed by atoms with Gasteiger partial charge in [-0.1, -0.05) is 42.5 Å². The minimum absolute atomic E-state index is 0.0701. The van der Waals surface area contributed by atoms with Crippen LogP contribution >= 0.6 is 0 Å². The Morgan fingerprint density at radius 2 is 1.68 bits per heavy atom. The van der Waals surface area contributed by atoms with Gasteiger partial charge in [-0.05, 0) is 47.4 Å². The van der Waals surface area contributed by atoms with Gasteiger partial charge in [-0.15, -0.1) is 0 Å². The van der Waals surface area contributed by atoms with Crippen LogP contribution in [0.2, 0.25) is 0 Å². The van der Waals surface area contributed by atoms with Crippen LogP contribution in [0.15, 0.2) is 90.9 Å². The largest absolute Gasteiger partial charge is 0.493 e. The van der Waals surface area contributed by atoms with Gasteiger partial charge in [0.25, 0.3) is 11.8 Å². The summed E-state index contributed by atoms with van der Waals surface area (Å²) in [6.45, 7) is 0. The molecule has 0 spiro atoms. The van der Waals surface area contributed by atoms with Gasteiger partial charge in [0.15, 0.2) is 11.5 Å². The molecule has 0 aliphatic carbocycles. The number of ether oxygens (including phenoxy) is 2. The number of hydrogen-bond donors (Lipinski definition) is 2. The van der Waals surface area contributed by atoms with Crippen molar-refractivity contribution in [1.82, 2.24) is 10.3 Å². The summed E-state index contributed by atoms with van der Waals surface area (Å²) in [4.78, 5) is 30.4. The van der Waals surface area contributed by atoms with Crippen LogP contribution in [-0.4, -0.2) is 31.0 Å². The lowest BCUT2D eigenvalue weighted by molar-refractivity contribution is -0.113. The SMILES string of the molecule is COc1ccc(C(=O)NC(=Cc2cccnc2)C(=O)Nc2cccc3ccccc23)cc1OC. The molecule has 0 saturated carbocycles. The Bertz CT molecular complexity index is 1360. The van der Waals surface area contributed by atoms with Crippen LogP contribution in [0.5, 0.6) is 11.5 Å². The van der Waals surface area contributed by atoms with Crippen molar-refractivity contribution in [3.63, 3.8) is 0 Å². The Hall–Kier alpha value is -4.65. The molecule has 2 amide bonds. The molecule has 4 rings (SSSR count). The Kier molecular flexibility index (Phi) is 6.84. The van der Waals surface area contributed by atoms with Gasteiger partial charge in [0.05, 0.1) is 14.2 Å². The van der Waals surface area contributed by atoms with E-state index in [4.69, 9.17) is 9.47 Å². The van der Waals surface area contributed by atoms with E-state index in [0.717, 1.165) is 10.8 Å². The van der Waals surface area contributed by atoms with E-state index in [0.29, 0.717) is 28.3 Å². The van der Waals surface area contributed by atoms with Crippen molar-refractivity contribution in [2.75, 3.05) is 19.5 Å². The second-order valence-electron chi connectivity index (χ2n) is 7.35. The second-order valence-corrected chi connectivity index (χ2v) is 7.35. The molecule has 0 atom stereocenters. The Morgan fingerprint density at radius 1 is 0.882 bits per heavy atom. The highest BCUT2D eigenvalue weighted by Crippen LogP contribution is 2.28. The van der Waals surface area contributed by atoms with E-state index in [1.165, 1.54) is 14.2 Å². The van der Waals surface area contributed by atoms with Crippen molar-refractivity contribution in [2.45, 2.75) is 0 Å². The maximum Gasteiger partial charge on any atom is 0.272 e. The fourth-order valence-corrected chi connectivity index (χ4v) is 3.48. The van der Waals surface area contributed by atoms with Crippen molar-refractivity contribution in [1.29, 1.82) is 0 Å². The zero-order valence-electron chi connectivity index (χ0n) is 18.7. The first-order chi connectivity index (χ1) is 16.6. The molecule has 0 unspecified atom stereocenters. The van der Waals surface area contributed by atoms with E-state index in [1.807, 2.05) is 42.5 Å². The number of nitrogens with zero attached hydrogens (tertiary/aromatic N) is 1. The standard InChI is InChI=1S/C27H23N3O4/c1-33-24-13-12-20(16-25(24)34-2)26(31)30-23(15-18-7-6-14-28-17-18)27(32)29-22-11-5-9-19-8-3-4-10-21(19)22/h3-17H,1-2H3,(H,29,32)(H,30,31). The van der Waals surface area contributed by atoms with Gasteiger partial charge in [0.1, 0.15) is 5.70 Å². The van der Waals surface area contributed by atoms with E-state index in [1.54, 1.807) is 48.8 Å². The molecule has 0 bridgehead atoms. The minimum Gasteiger partial charge on any atom is -0.493 e. The summed E-state index contributed by atoms with van der Waals surface area (Å²) in [5.74, 6) is -0.0229. The van der Waals surface area contributed by atoms with Crippen molar-refractivity contribution >= 4 is 34.4 Å².